The van der Waals surface area contributed by atoms with Crippen LogP contribution in [-0.4, -0.2) is 15.7 Å². The molecule has 1 heterocycles. The van der Waals surface area contributed by atoms with E-state index in [1.54, 1.807) is 0 Å². The fourth-order valence-corrected chi connectivity index (χ4v) is 2.77. The van der Waals surface area contributed by atoms with Gasteiger partial charge in [-0.3, -0.25) is 5.41 Å². The van der Waals surface area contributed by atoms with Gasteiger partial charge in [0.15, 0.2) is 0 Å². The summed E-state index contributed by atoms with van der Waals surface area (Å²) in [6, 6.07) is 15.5. The van der Waals surface area contributed by atoms with Crippen molar-refractivity contribution < 1.29 is 4.74 Å². The lowest BCUT2D eigenvalue weighted by atomic mass is 10.3. The molecule has 0 aliphatic rings. The minimum atomic E-state index is 0. The number of halogens is 2. The van der Waals surface area contributed by atoms with Crippen LogP contribution in [0.1, 0.15) is 6.42 Å². The molecule has 0 amide bonds. The first-order valence-corrected chi connectivity index (χ1v) is 7.62. The van der Waals surface area contributed by atoms with Crippen LogP contribution in [0.4, 0.5) is 0 Å². The van der Waals surface area contributed by atoms with E-state index in [1.807, 2.05) is 64.7 Å². The second-order valence-electron chi connectivity index (χ2n) is 5.16. The van der Waals surface area contributed by atoms with Crippen LogP contribution in [-0.2, 0) is 13.6 Å². The topological polar surface area (TPSA) is 42.9 Å². The van der Waals surface area contributed by atoms with E-state index in [1.165, 1.54) is 0 Å². The van der Waals surface area contributed by atoms with Crippen LogP contribution in [0.2, 0.25) is 5.02 Å². The normalized spacial score (nSPS) is 10.5. The van der Waals surface area contributed by atoms with E-state index in [0.717, 1.165) is 24.0 Å². The molecule has 122 valence electrons. The van der Waals surface area contributed by atoms with Gasteiger partial charge >= 0.3 is 0 Å². The number of rotatable bonds is 5. The lowest BCUT2D eigenvalue weighted by Gasteiger charge is -2.08. The van der Waals surface area contributed by atoms with Gasteiger partial charge in [-0.1, -0.05) is 35.9 Å². The second kappa shape index (κ2) is 7.57. The molecule has 0 aliphatic heterocycles. The van der Waals surface area contributed by atoms with Gasteiger partial charge in [0.05, 0.1) is 22.7 Å². The van der Waals surface area contributed by atoms with Crippen LogP contribution in [0.15, 0.2) is 48.5 Å². The third-order valence-corrected chi connectivity index (χ3v) is 4.04. The van der Waals surface area contributed by atoms with Crippen molar-refractivity contribution in [1.29, 1.82) is 5.41 Å². The zero-order valence-corrected chi connectivity index (χ0v) is 14.4. The van der Waals surface area contributed by atoms with Gasteiger partial charge in [0.25, 0.3) is 0 Å². The van der Waals surface area contributed by atoms with Crippen LogP contribution in [0.3, 0.4) is 0 Å². The van der Waals surface area contributed by atoms with Crippen molar-refractivity contribution in [2.45, 2.75) is 13.0 Å². The predicted octanol–water partition coefficient (Wildman–Crippen LogP) is 4.00. The Labute approximate surface area is 146 Å². The molecular formula is C17H19Cl2N3O. The summed E-state index contributed by atoms with van der Waals surface area (Å²) in [5, 5.41) is 8.85. The number of hydrogen-bond donors (Lipinski definition) is 1. The number of benzene rings is 2. The largest absolute Gasteiger partial charge is 0.492 e. The van der Waals surface area contributed by atoms with Gasteiger partial charge in [0.1, 0.15) is 5.75 Å². The van der Waals surface area contributed by atoms with E-state index < -0.39 is 0 Å². The minimum Gasteiger partial charge on any atom is -0.492 e. The Morgan fingerprint density at radius 1 is 1.04 bits per heavy atom. The zero-order valence-electron chi connectivity index (χ0n) is 12.8. The zero-order chi connectivity index (χ0) is 15.5. The van der Waals surface area contributed by atoms with E-state index in [2.05, 4.69) is 0 Å². The quantitative estimate of drug-likeness (QED) is 0.693. The number of nitrogens with one attached hydrogen (secondary N) is 1. The number of imidazole rings is 1. The summed E-state index contributed by atoms with van der Waals surface area (Å²) in [6.07, 6.45) is 0.815. The molecular weight excluding hydrogens is 333 g/mol. The van der Waals surface area contributed by atoms with Crippen LogP contribution >= 0.6 is 24.0 Å². The maximum absolute atomic E-state index is 8.22. The summed E-state index contributed by atoms with van der Waals surface area (Å²) in [5.41, 5.74) is 2.64. The number of fused-ring (bicyclic) bond motifs is 1. The maximum Gasteiger partial charge on any atom is 0.202 e. The Hall–Kier alpha value is -1.91. The first-order chi connectivity index (χ1) is 10.7. The van der Waals surface area contributed by atoms with Crippen molar-refractivity contribution in [1.82, 2.24) is 9.13 Å². The number of aromatic nitrogens is 2. The van der Waals surface area contributed by atoms with Crippen molar-refractivity contribution in [2.75, 3.05) is 6.61 Å². The monoisotopic (exact) mass is 351 g/mol. The Bertz CT molecular complexity index is 854. The fourth-order valence-electron chi connectivity index (χ4n) is 2.58. The first kappa shape index (κ1) is 17.4. The summed E-state index contributed by atoms with van der Waals surface area (Å²) in [5.74, 6) is 0.707. The summed E-state index contributed by atoms with van der Waals surface area (Å²) in [7, 11) is 1.92. The summed E-state index contributed by atoms with van der Waals surface area (Å²) < 4.78 is 9.60. The van der Waals surface area contributed by atoms with Gasteiger partial charge in [-0.15, -0.1) is 12.4 Å². The second-order valence-corrected chi connectivity index (χ2v) is 5.56. The Morgan fingerprint density at radius 2 is 1.70 bits per heavy atom. The SMILES string of the molecule is Cl.Cn1c(=N)n(CCCOc2ccccc2Cl)c2ccccc21. The molecule has 0 saturated carbocycles. The van der Waals surface area contributed by atoms with Crippen LogP contribution in [0.5, 0.6) is 5.75 Å². The number of para-hydroxylation sites is 3. The molecule has 6 heteroatoms. The Kier molecular flexibility index (Phi) is 5.74. The third kappa shape index (κ3) is 3.54. The van der Waals surface area contributed by atoms with Gasteiger partial charge in [0.2, 0.25) is 5.62 Å². The summed E-state index contributed by atoms with van der Waals surface area (Å²) >= 11 is 6.06. The van der Waals surface area contributed by atoms with Crippen molar-refractivity contribution in [3.05, 3.63) is 59.2 Å². The molecule has 4 nitrogen and oxygen atoms in total. The Morgan fingerprint density at radius 3 is 2.43 bits per heavy atom. The fraction of sp³-hybridized carbons (Fsp3) is 0.235. The summed E-state index contributed by atoms with van der Waals surface area (Å²) in [4.78, 5) is 0. The van der Waals surface area contributed by atoms with Gasteiger partial charge in [-0.2, -0.15) is 0 Å². The highest BCUT2D eigenvalue weighted by Crippen LogP contribution is 2.23. The van der Waals surface area contributed by atoms with Gasteiger partial charge in [0, 0.05) is 13.6 Å². The van der Waals surface area contributed by atoms with Gasteiger partial charge in [-0.05, 0) is 30.7 Å². The molecule has 0 spiro atoms. The molecule has 0 unspecified atom stereocenters. The number of nitrogens with zero attached hydrogens (tertiary/aromatic N) is 2. The Balaban J connectivity index is 0.00000192. The molecule has 23 heavy (non-hydrogen) atoms. The number of aryl methyl sites for hydroxylation is 2. The van der Waals surface area contributed by atoms with Crippen molar-refractivity contribution in [2.24, 2.45) is 7.05 Å². The molecule has 0 aliphatic carbocycles. The van der Waals surface area contributed by atoms with Crippen LogP contribution in [0.25, 0.3) is 11.0 Å². The lowest BCUT2D eigenvalue weighted by molar-refractivity contribution is 0.301. The van der Waals surface area contributed by atoms with E-state index >= 15 is 0 Å². The first-order valence-electron chi connectivity index (χ1n) is 7.24. The minimum absolute atomic E-state index is 0. The van der Waals surface area contributed by atoms with E-state index in [0.29, 0.717) is 23.0 Å². The van der Waals surface area contributed by atoms with Crippen molar-refractivity contribution in [3.8, 4) is 5.75 Å². The molecule has 2 aromatic carbocycles. The highest BCUT2D eigenvalue weighted by Gasteiger charge is 2.07. The highest BCUT2D eigenvalue weighted by molar-refractivity contribution is 6.32. The maximum atomic E-state index is 8.22. The smallest absolute Gasteiger partial charge is 0.202 e. The molecule has 0 bridgehead atoms. The van der Waals surface area contributed by atoms with Crippen LogP contribution in [0, 0.1) is 5.41 Å². The van der Waals surface area contributed by atoms with Crippen LogP contribution < -0.4 is 10.4 Å². The number of ether oxygens (including phenoxy) is 1. The average Bonchev–Trinajstić information content (AvgIpc) is 2.78. The number of hydrogen-bond acceptors (Lipinski definition) is 2. The molecule has 0 radical (unpaired) electrons. The predicted molar refractivity (Wildman–Crippen MR) is 95.6 cm³/mol. The average molecular weight is 352 g/mol. The van der Waals surface area contributed by atoms with E-state index in [4.69, 9.17) is 21.7 Å². The molecule has 0 fully saturated rings. The van der Waals surface area contributed by atoms with Gasteiger partial charge < -0.3 is 13.9 Å². The third-order valence-electron chi connectivity index (χ3n) is 3.73. The lowest BCUT2D eigenvalue weighted by Crippen LogP contribution is -2.23. The van der Waals surface area contributed by atoms with E-state index in [-0.39, 0.29) is 12.4 Å². The highest BCUT2D eigenvalue weighted by atomic mass is 35.5. The molecule has 3 rings (SSSR count). The van der Waals surface area contributed by atoms with E-state index in [9.17, 15) is 0 Å². The van der Waals surface area contributed by atoms with Crippen molar-refractivity contribution >= 4 is 35.0 Å². The summed E-state index contributed by atoms with van der Waals surface area (Å²) in [6.45, 7) is 1.31. The molecule has 1 N–H and O–H groups in total. The molecule has 1 aromatic heterocycles. The molecule has 0 atom stereocenters. The molecule has 0 saturated heterocycles. The van der Waals surface area contributed by atoms with Gasteiger partial charge in [-0.25, -0.2) is 0 Å². The molecule has 3 aromatic rings. The van der Waals surface area contributed by atoms with Crippen molar-refractivity contribution in [3.63, 3.8) is 0 Å². The standard InChI is InChI=1S/C17H18ClN3O.ClH/c1-20-14-8-3-4-9-15(14)21(17(20)19)11-6-12-22-16-10-5-2-7-13(16)18;/h2-5,7-10,19H,6,11-12H2,1H3;1H.